The molecule has 1 saturated heterocycles. The molecule has 2 N–H and O–H groups in total. The van der Waals surface area contributed by atoms with Crippen molar-refractivity contribution in [3.05, 3.63) is 59.7 Å². The standard InChI is InChI=1S/C17H18N2O3S3/c1-18-25(21,22)15-8-6-14(7-9-15)19-16(20)12-2-4-13(5-3-12)17-23-10-11-24-17/h2-9,17-18H,10-11H2,1H3,(H,19,20). The summed E-state index contributed by atoms with van der Waals surface area (Å²) in [5.41, 5.74) is 2.35. The fourth-order valence-electron chi connectivity index (χ4n) is 2.38. The number of anilines is 1. The second-order valence-corrected chi connectivity index (χ2v) is 9.99. The van der Waals surface area contributed by atoms with E-state index in [0.717, 1.165) is 11.5 Å². The second-order valence-electron chi connectivity index (χ2n) is 5.38. The highest BCUT2D eigenvalue weighted by atomic mass is 32.2. The molecule has 132 valence electrons. The molecular formula is C17H18N2O3S3. The quantitative estimate of drug-likeness (QED) is 0.814. The largest absolute Gasteiger partial charge is 0.322 e. The molecule has 1 heterocycles. The van der Waals surface area contributed by atoms with Crippen LogP contribution in [0, 0.1) is 0 Å². The van der Waals surface area contributed by atoms with Gasteiger partial charge < -0.3 is 5.32 Å². The SMILES string of the molecule is CNS(=O)(=O)c1ccc(NC(=O)c2ccc(C3SCCS3)cc2)cc1. The summed E-state index contributed by atoms with van der Waals surface area (Å²) in [6.45, 7) is 0. The van der Waals surface area contributed by atoms with E-state index in [0.29, 0.717) is 15.8 Å². The predicted octanol–water partition coefficient (Wildman–Crippen LogP) is 3.33. The van der Waals surface area contributed by atoms with Gasteiger partial charge in [-0.3, -0.25) is 4.79 Å². The molecule has 2 aromatic rings. The summed E-state index contributed by atoms with van der Waals surface area (Å²) in [5.74, 6) is 2.11. The third kappa shape index (κ3) is 4.38. The molecule has 3 rings (SSSR count). The molecule has 1 aliphatic heterocycles. The molecule has 0 bridgehead atoms. The van der Waals surface area contributed by atoms with E-state index in [4.69, 9.17) is 0 Å². The first-order valence-corrected chi connectivity index (χ1v) is 11.3. The Bertz CT molecular complexity index is 844. The summed E-state index contributed by atoms with van der Waals surface area (Å²) < 4.78 is 26.1. The number of sulfonamides is 1. The predicted molar refractivity (Wildman–Crippen MR) is 105 cm³/mol. The summed E-state index contributed by atoms with van der Waals surface area (Å²) in [6.07, 6.45) is 0. The molecule has 0 atom stereocenters. The highest BCUT2D eigenvalue weighted by Gasteiger charge is 2.18. The molecule has 0 aromatic heterocycles. The van der Waals surface area contributed by atoms with Crippen LogP contribution in [0.4, 0.5) is 5.69 Å². The Morgan fingerprint density at radius 2 is 1.60 bits per heavy atom. The highest BCUT2D eigenvalue weighted by Crippen LogP contribution is 2.45. The van der Waals surface area contributed by atoms with Gasteiger partial charge in [0.15, 0.2) is 0 Å². The van der Waals surface area contributed by atoms with Crippen LogP contribution in [-0.4, -0.2) is 32.9 Å². The molecule has 0 spiro atoms. The number of carbonyl (C=O) groups excluding carboxylic acids is 1. The first-order valence-electron chi connectivity index (χ1n) is 7.68. The van der Waals surface area contributed by atoms with Crippen molar-refractivity contribution in [2.24, 2.45) is 0 Å². The third-order valence-corrected chi connectivity index (χ3v) is 8.29. The first-order chi connectivity index (χ1) is 12.0. The van der Waals surface area contributed by atoms with Gasteiger partial charge in [0.1, 0.15) is 0 Å². The Balaban J connectivity index is 1.67. The number of rotatable bonds is 5. The van der Waals surface area contributed by atoms with Gasteiger partial charge >= 0.3 is 0 Å². The second kappa shape index (κ2) is 7.82. The molecule has 5 nitrogen and oxygen atoms in total. The van der Waals surface area contributed by atoms with E-state index >= 15 is 0 Å². The first kappa shape index (κ1) is 18.3. The maximum absolute atomic E-state index is 12.3. The van der Waals surface area contributed by atoms with Crippen LogP contribution in [0.5, 0.6) is 0 Å². The van der Waals surface area contributed by atoms with Crippen LogP contribution in [0.1, 0.15) is 20.5 Å². The molecule has 8 heteroatoms. The Hall–Kier alpha value is -1.48. The van der Waals surface area contributed by atoms with E-state index in [1.807, 2.05) is 47.8 Å². The van der Waals surface area contributed by atoms with Crippen molar-refractivity contribution in [1.29, 1.82) is 0 Å². The van der Waals surface area contributed by atoms with Crippen molar-refractivity contribution >= 4 is 45.1 Å². The minimum absolute atomic E-state index is 0.156. The van der Waals surface area contributed by atoms with Gasteiger partial charge in [0.2, 0.25) is 10.0 Å². The maximum Gasteiger partial charge on any atom is 0.255 e. The summed E-state index contributed by atoms with van der Waals surface area (Å²) in [7, 11) is -2.12. The summed E-state index contributed by atoms with van der Waals surface area (Å²) in [5, 5.41) is 2.78. The lowest BCUT2D eigenvalue weighted by Gasteiger charge is -2.10. The number of thioether (sulfide) groups is 2. The minimum Gasteiger partial charge on any atom is -0.322 e. The van der Waals surface area contributed by atoms with E-state index < -0.39 is 10.0 Å². The topological polar surface area (TPSA) is 75.3 Å². The van der Waals surface area contributed by atoms with Crippen molar-refractivity contribution < 1.29 is 13.2 Å². The highest BCUT2D eigenvalue weighted by molar-refractivity contribution is 8.19. The zero-order valence-electron chi connectivity index (χ0n) is 13.6. The van der Waals surface area contributed by atoms with E-state index in [1.165, 1.54) is 24.7 Å². The molecule has 1 fully saturated rings. The molecule has 0 saturated carbocycles. The lowest BCUT2D eigenvalue weighted by molar-refractivity contribution is 0.102. The molecular weight excluding hydrogens is 376 g/mol. The minimum atomic E-state index is -3.48. The molecule has 0 unspecified atom stereocenters. The Morgan fingerprint density at radius 3 is 2.16 bits per heavy atom. The van der Waals surface area contributed by atoms with Gasteiger partial charge in [0.25, 0.3) is 5.91 Å². The van der Waals surface area contributed by atoms with Gasteiger partial charge in [-0.1, -0.05) is 12.1 Å². The summed E-state index contributed by atoms with van der Waals surface area (Å²) in [4.78, 5) is 12.5. The van der Waals surface area contributed by atoms with Crippen LogP contribution < -0.4 is 10.0 Å². The Kier molecular flexibility index (Phi) is 5.73. The smallest absolute Gasteiger partial charge is 0.255 e. The van der Waals surface area contributed by atoms with Gasteiger partial charge in [0, 0.05) is 22.8 Å². The normalized spacial score (nSPS) is 15.2. The fraction of sp³-hybridized carbons (Fsp3) is 0.235. The van der Waals surface area contributed by atoms with E-state index in [-0.39, 0.29) is 10.8 Å². The van der Waals surface area contributed by atoms with Crippen LogP contribution in [0.3, 0.4) is 0 Å². The average molecular weight is 395 g/mol. The van der Waals surface area contributed by atoms with Gasteiger partial charge in [-0.15, -0.1) is 23.5 Å². The van der Waals surface area contributed by atoms with Crippen molar-refractivity contribution in [3.63, 3.8) is 0 Å². The van der Waals surface area contributed by atoms with Crippen molar-refractivity contribution in [2.75, 3.05) is 23.9 Å². The van der Waals surface area contributed by atoms with E-state index in [2.05, 4.69) is 10.0 Å². The number of hydrogen-bond acceptors (Lipinski definition) is 5. The van der Waals surface area contributed by atoms with Crippen molar-refractivity contribution in [2.45, 2.75) is 9.48 Å². The van der Waals surface area contributed by atoms with Crippen LogP contribution >= 0.6 is 23.5 Å². The van der Waals surface area contributed by atoms with Gasteiger partial charge in [0.05, 0.1) is 9.48 Å². The lowest BCUT2D eigenvalue weighted by Crippen LogP contribution is -2.18. The molecule has 0 radical (unpaired) electrons. The van der Waals surface area contributed by atoms with Crippen LogP contribution in [-0.2, 0) is 10.0 Å². The number of carbonyl (C=O) groups is 1. The number of amides is 1. The summed E-state index contributed by atoms with van der Waals surface area (Å²) >= 11 is 3.85. The third-order valence-electron chi connectivity index (χ3n) is 3.76. The zero-order chi connectivity index (χ0) is 17.9. The maximum atomic E-state index is 12.3. The van der Waals surface area contributed by atoms with Crippen LogP contribution in [0.2, 0.25) is 0 Å². The number of hydrogen-bond donors (Lipinski definition) is 2. The molecule has 1 aliphatic rings. The number of benzene rings is 2. The van der Waals surface area contributed by atoms with E-state index in [9.17, 15) is 13.2 Å². The Morgan fingerprint density at radius 1 is 1.00 bits per heavy atom. The molecule has 0 aliphatic carbocycles. The van der Waals surface area contributed by atoms with Gasteiger partial charge in [-0.25, -0.2) is 13.1 Å². The molecule has 2 aromatic carbocycles. The lowest BCUT2D eigenvalue weighted by atomic mass is 10.1. The van der Waals surface area contributed by atoms with Gasteiger partial charge in [-0.05, 0) is 49.0 Å². The average Bonchev–Trinajstić information content (AvgIpc) is 3.17. The zero-order valence-corrected chi connectivity index (χ0v) is 16.0. The van der Waals surface area contributed by atoms with E-state index in [1.54, 1.807) is 12.1 Å². The monoisotopic (exact) mass is 394 g/mol. The van der Waals surface area contributed by atoms with Crippen molar-refractivity contribution in [3.8, 4) is 0 Å². The molecule has 1 amide bonds. The van der Waals surface area contributed by atoms with Crippen LogP contribution in [0.25, 0.3) is 0 Å². The Labute approximate surface area is 156 Å². The molecule has 25 heavy (non-hydrogen) atoms. The summed E-state index contributed by atoms with van der Waals surface area (Å²) in [6, 6.07) is 13.7. The fourth-order valence-corrected chi connectivity index (χ4v) is 5.97. The van der Waals surface area contributed by atoms with Gasteiger partial charge in [-0.2, -0.15) is 0 Å². The van der Waals surface area contributed by atoms with Crippen LogP contribution in [0.15, 0.2) is 53.4 Å². The van der Waals surface area contributed by atoms with Crippen molar-refractivity contribution in [1.82, 2.24) is 4.72 Å². The number of nitrogens with one attached hydrogen (secondary N) is 2.